The van der Waals surface area contributed by atoms with Crippen LogP contribution in [0.4, 0.5) is 13.2 Å². The maximum atomic E-state index is 12.0. The molecule has 0 radical (unpaired) electrons. The highest BCUT2D eigenvalue weighted by molar-refractivity contribution is 4.93. The molecule has 0 aromatic rings. The number of rotatable bonds is 5. The van der Waals surface area contributed by atoms with Gasteiger partial charge < -0.3 is 5.32 Å². The van der Waals surface area contributed by atoms with E-state index in [1.54, 1.807) is 0 Å². The van der Waals surface area contributed by atoms with Crippen molar-refractivity contribution < 1.29 is 13.2 Å². The van der Waals surface area contributed by atoms with Crippen LogP contribution in [0.15, 0.2) is 0 Å². The summed E-state index contributed by atoms with van der Waals surface area (Å²) in [6.45, 7) is 2.10. The summed E-state index contributed by atoms with van der Waals surface area (Å²) in [5.41, 5.74) is 0.108. The summed E-state index contributed by atoms with van der Waals surface area (Å²) >= 11 is 0. The van der Waals surface area contributed by atoms with E-state index in [1.165, 1.54) is 0 Å². The molecule has 0 heterocycles. The number of nitrogens with one attached hydrogen (secondary N) is 1. The van der Waals surface area contributed by atoms with E-state index >= 15 is 0 Å². The minimum absolute atomic E-state index is 0.00550. The molecular weight excluding hydrogens is 241 g/mol. The normalized spacial score (nSPS) is 28.9. The van der Waals surface area contributed by atoms with Crippen molar-refractivity contribution in [2.45, 2.75) is 64.1 Å². The fourth-order valence-electron chi connectivity index (χ4n) is 2.68. The Hall–Kier alpha value is -0.760. The maximum absolute atomic E-state index is 12.0. The van der Waals surface area contributed by atoms with Crippen LogP contribution in [0.5, 0.6) is 0 Å². The first-order valence-corrected chi connectivity index (χ1v) is 6.58. The van der Waals surface area contributed by atoms with Crippen molar-refractivity contribution in [2.24, 2.45) is 5.41 Å². The molecule has 2 nitrogen and oxygen atoms in total. The Balaban J connectivity index is 2.29. The van der Waals surface area contributed by atoms with Gasteiger partial charge >= 0.3 is 6.18 Å². The van der Waals surface area contributed by atoms with Gasteiger partial charge in [0.2, 0.25) is 0 Å². The molecule has 0 atom stereocenters. The van der Waals surface area contributed by atoms with E-state index in [-0.39, 0.29) is 18.0 Å². The van der Waals surface area contributed by atoms with E-state index in [0.29, 0.717) is 6.42 Å². The molecule has 0 spiro atoms. The van der Waals surface area contributed by atoms with Gasteiger partial charge in [0.1, 0.15) is 0 Å². The van der Waals surface area contributed by atoms with Crippen LogP contribution in [0.3, 0.4) is 0 Å². The lowest BCUT2D eigenvalue weighted by atomic mass is 9.69. The first-order chi connectivity index (χ1) is 8.41. The number of halogens is 3. The highest BCUT2D eigenvalue weighted by Gasteiger charge is 2.34. The average molecular weight is 262 g/mol. The minimum atomic E-state index is -4.07. The number of nitriles is 1. The topological polar surface area (TPSA) is 35.8 Å². The molecule has 0 unspecified atom stereocenters. The second-order valence-electron chi connectivity index (χ2n) is 5.28. The maximum Gasteiger partial charge on any atom is 0.390 e. The van der Waals surface area contributed by atoms with Gasteiger partial charge in [0.15, 0.2) is 0 Å². The van der Waals surface area contributed by atoms with E-state index in [0.717, 1.165) is 32.1 Å². The lowest BCUT2D eigenvalue weighted by molar-refractivity contribution is -0.133. The van der Waals surface area contributed by atoms with Crippen molar-refractivity contribution >= 4 is 0 Å². The first kappa shape index (κ1) is 15.3. The van der Waals surface area contributed by atoms with Gasteiger partial charge in [-0.05, 0) is 37.5 Å². The Morgan fingerprint density at radius 3 is 2.39 bits per heavy atom. The Labute approximate surface area is 107 Å². The van der Waals surface area contributed by atoms with Crippen LogP contribution in [0.1, 0.15) is 51.9 Å². The van der Waals surface area contributed by atoms with E-state index in [1.807, 2.05) is 0 Å². The molecule has 0 aliphatic heterocycles. The zero-order valence-corrected chi connectivity index (χ0v) is 10.8. The van der Waals surface area contributed by atoms with E-state index in [2.05, 4.69) is 18.3 Å². The Bertz CT molecular complexity index is 286. The van der Waals surface area contributed by atoms with Crippen LogP contribution in [0.2, 0.25) is 0 Å². The molecule has 0 bridgehead atoms. The van der Waals surface area contributed by atoms with Gasteiger partial charge in [0.25, 0.3) is 0 Å². The smallest absolute Gasteiger partial charge is 0.314 e. The molecule has 0 saturated heterocycles. The monoisotopic (exact) mass is 262 g/mol. The highest BCUT2D eigenvalue weighted by Crippen LogP contribution is 2.41. The van der Waals surface area contributed by atoms with E-state index < -0.39 is 12.6 Å². The van der Waals surface area contributed by atoms with Crippen molar-refractivity contribution in [3.8, 4) is 6.07 Å². The number of hydrogen-bond acceptors (Lipinski definition) is 2. The standard InChI is InChI=1S/C13H21F3N2/c1-2-12(7-9-17)5-3-11(4-6-12)18-10-8-13(14,15)16/h11,18H,2-8,10H2,1H3. The average Bonchev–Trinajstić information content (AvgIpc) is 2.30. The van der Waals surface area contributed by atoms with Crippen LogP contribution in [0, 0.1) is 16.7 Å². The van der Waals surface area contributed by atoms with Crippen molar-refractivity contribution in [1.29, 1.82) is 5.26 Å². The SMILES string of the molecule is CCC1(CC#N)CCC(NCCC(F)(F)F)CC1. The molecule has 1 aliphatic carbocycles. The van der Waals surface area contributed by atoms with Crippen LogP contribution in [-0.4, -0.2) is 18.8 Å². The highest BCUT2D eigenvalue weighted by atomic mass is 19.4. The molecule has 5 heteroatoms. The molecule has 0 aromatic heterocycles. The number of nitrogens with zero attached hydrogens (tertiary/aromatic N) is 1. The van der Waals surface area contributed by atoms with Crippen LogP contribution >= 0.6 is 0 Å². The molecule has 1 rings (SSSR count). The summed E-state index contributed by atoms with van der Waals surface area (Å²) < 4.78 is 36.0. The second-order valence-corrected chi connectivity index (χ2v) is 5.28. The van der Waals surface area contributed by atoms with E-state index in [9.17, 15) is 13.2 Å². The number of alkyl halides is 3. The molecule has 0 amide bonds. The molecule has 1 fully saturated rings. The van der Waals surface area contributed by atoms with Gasteiger partial charge in [0.05, 0.1) is 12.5 Å². The summed E-state index contributed by atoms with van der Waals surface area (Å²) in [5.74, 6) is 0. The summed E-state index contributed by atoms with van der Waals surface area (Å²) in [6, 6.07) is 2.42. The van der Waals surface area contributed by atoms with Gasteiger partial charge in [0, 0.05) is 19.0 Å². The molecule has 18 heavy (non-hydrogen) atoms. The molecule has 1 aliphatic rings. The van der Waals surface area contributed by atoms with Crippen LogP contribution in [0.25, 0.3) is 0 Å². The molecule has 104 valence electrons. The van der Waals surface area contributed by atoms with Crippen LogP contribution in [-0.2, 0) is 0 Å². The number of hydrogen-bond donors (Lipinski definition) is 1. The summed E-state index contributed by atoms with van der Waals surface area (Å²) in [7, 11) is 0. The van der Waals surface area contributed by atoms with Gasteiger partial charge in [-0.3, -0.25) is 0 Å². The lowest BCUT2D eigenvalue weighted by Gasteiger charge is -2.38. The minimum Gasteiger partial charge on any atom is -0.314 e. The zero-order chi connectivity index (χ0) is 13.6. The van der Waals surface area contributed by atoms with Gasteiger partial charge in [-0.25, -0.2) is 0 Å². The lowest BCUT2D eigenvalue weighted by Crippen LogP contribution is -2.38. The predicted molar refractivity (Wildman–Crippen MR) is 63.9 cm³/mol. The second kappa shape index (κ2) is 6.42. The molecule has 0 aromatic carbocycles. The van der Waals surface area contributed by atoms with Gasteiger partial charge in [-0.15, -0.1) is 0 Å². The quantitative estimate of drug-likeness (QED) is 0.818. The third kappa shape index (κ3) is 4.85. The molecule has 1 saturated carbocycles. The summed E-state index contributed by atoms with van der Waals surface area (Å²) in [5, 5.41) is 11.8. The zero-order valence-electron chi connectivity index (χ0n) is 10.8. The molecular formula is C13H21F3N2. The van der Waals surface area contributed by atoms with Crippen molar-refractivity contribution in [3.63, 3.8) is 0 Å². The van der Waals surface area contributed by atoms with Gasteiger partial charge in [-0.2, -0.15) is 18.4 Å². The first-order valence-electron chi connectivity index (χ1n) is 6.58. The largest absolute Gasteiger partial charge is 0.390 e. The Kier molecular flexibility index (Phi) is 5.46. The summed E-state index contributed by atoms with van der Waals surface area (Å²) in [4.78, 5) is 0. The van der Waals surface area contributed by atoms with Crippen molar-refractivity contribution in [2.75, 3.05) is 6.54 Å². The third-order valence-electron chi connectivity index (χ3n) is 4.09. The predicted octanol–water partition coefficient (Wildman–Crippen LogP) is 3.78. The van der Waals surface area contributed by atoms with Crippen molar-refractivity contribution in [3.05, 3.63) is 0 Å². The van der Waals surface area contributed by atoms with E-state index in [4.69, 9.17) is 5.26 Å². The Morgan fingerprint density at radius 2 is 1.94 bits per heavy atom. The molecule has 1 N–H and O–H groups in total. The fraction of sp³-hybridized carbons (Fsp3) is 0.923. The third-order valence-corrected chi connectivity index (χ3v) is 4.09. The Morgan fingerprint density at radius 1 is 1.33 bits per heavy atom. The van der Waals surface area contributed by atoms with Crippen LogP contribution < -0.4 is 5.32 Å². The summed E-state index contributed by atoms with van der Waals surface area (Å²) in [6.07, 6.45) is 0.368. The fourth-order valence-corrected chi connectivity index (χ4v) is 2.68. The van der Waals surface area contributed by atoms with Crippen molar-refractivity contribution in [1.82, 2.24) is 5.32 Å². The van der Waals surface area contributed by atoms with Gasteiger partial charge in [-0.1, -0.05) is 6.92 Å².